The lowest BCUT2D eigenvalue weighted by molar-refractivity contribution is 0.332. The van der Waals surface area contributed by atoms with E-state index in [9.17, 15) is 0 Å². The van der Waals surface area contributed by atoms with E-state index in [1.807, 2.05) is 0 Å². The van der Waals surface area contributed by atoms with Gasteiger partial charge in [-0.15, -0.1) is 0 Å². The second kappa shape index (κ2) is 7.74. The lowest BCUT2D eigenvalue weighted by Crippen LogP contribution is -2.15. The van der Waals surface area contributed by atoms with Crippen LogP contribution in [0.4, 0.5) is 5.69 Å². The molecule has 0 aromatic heterocycles. The Morgan fingerprint density at radius 1 is 0.958 bits per heavy atom. The largest absolute Gasteiger partial charge is 0.492 e. The van der Waals surface area contributed by atoms with E-state index in [1.165, 1.54) is 27.9 Å². The van der Waals surface area contributed by atoms with Gasteiger partial charge in [0.15, 0.2) is 0 Å². The average Bonchev–Trinajstić information content (AvgIpc) is 2.53. The summed E-state index contributed by atoms with van der Waals surface area (Å²) in [5.74, 6) is 0.935. The number of rotatable bonds is 7. The molecule has 0 radical (unpaired) electrons. The minimum atomic E-state index is 0.223. The van der Waals surface area contributed by atoms with Crippen molar-refractivity contribution in [1.82, 2.24) is 0 Å². The van der Waals surface area contributed by atoms with Gasteiger partial charge in [0.05, 0.1) is 0 Å². The summed E-state index contributed by atoms with van der Waals surface area (Å²) in [4.78, 5) is 0. The summed E-state index contributed by atoms with van der Waals surface area (Å²) < 4.78 is 5.87. The highest BCUT2D eigenvalue weighted by Crippen LogP contribution is 2.28. The highest BCUT2D eigenvalue weighted by atomic mass is 16.5. The molecule has 0 fully saturated rings. The van der Waals surface area contributed by atoms with Gasteiger partial charge in [0.1, 0.15) is 12.4 Å². The van der Waals surface area contributed by atoms with Crippen molar-refractivity contribution in [1.29, 1.82) is 0 Å². The van der Waals surface area contributed by atoms with Crippen LogP contribution >= 0.6 is 0 Å². The Hall–Kier alpha value is -1.96. The Balaban J connectivity index is 1.87. The number of hydrogen-bond acceptors (Lipinski definition) is 2. The van der Waals surface area contributed by atoms with Crippen molar-refractivity contribution in [2.45, 2.75) is 53.4 Å². The van der Waals surface area contributed by atoms with Crippen LogP contribution in [0.15, 0.2) is 36.4 Å². The highest BCUT2D eigenvalue weighted by molar-refractivity contribution is 5.58. The molecule has 2 rings (SSSR count). The number of aryl methyl sites for hydroxylation is 3. The Morgan fingerprint density at radius 3 is 2.08 bits per heavy atom. The molecule has 0 heterocycles. The molecule has 0 aliphatic heterocycles. The molecule has 0 amide bonds. The second-order valence-electron chi connectivity index (χ2n) is 7.31. The first-order chi connectivity index (χ1) is 11.3. The molecule has 0 saturated carbocycles. The third-order valence-corrected chi connectivity index (χ3v) is 4.87. The maximum atomic E-state index is 5.87. The molecule has 0 aliphatic rings. The first-order valence-corrected chi connectivity index (χ1v) is 8.88. The predicted octanol–water partition coefficient (Wildman–Crippen LogP) is 5.79. The highest BCUT2D eigenvalue weighted by Gasteiger charge is 2.17. The molecule has 0 atom stereocenters. The summed E-state index contributed by atoms with van der Waals surface area (Å²) in [5.41, 5.74) is 6.70. The maximum Gasteiger partial charge on any atom is 0.119 e. The topological polar surface area (TPSA) is 21.3 Å². The number of ether oxygens (including phenoxy) is 1. The van der Waals surface area contributed by atoms with Crippen molar-refractivity contribution in [3.05, 3.63) is 58.7 Å². The summed E-state index contributed by atoms with van der Waals surface area (Å²) in [6, 6.07) is 12.9. The quantitative estimate of drug-likeness (QED) is 0.650. The standard InChI is InChI=1S/C22H31NO/c1-7-22(5,6)19-8-10-20(11-9-19)24-13-12-23-21-17(3)14-16(2)15-18(21)4/h8-11,14-15,23H,7,12-13H2,1-6H3. The summed E-state index contributed by atoms with van der Waals surface area (Å²) >= 11 is 0. The summed E-state index contributed by atoms with van der Waals surface area (Å²) in [5, 5.41) is 3.50. The molecule has 2 aromatic carbocycles. The van der Waals surface area contributed by atoms with E-state index in [-0.39, 0.29) is 5.41 Å². The Bertz CT molecular complexity index is 648. The van der Waals surface area contributed by atoms with Crippen molar-refractivity contribution >= 4 is 5.69 Å². The van der Waals surface area contributed by atoms with Gasteiger partial charge in [-0.2, -0.15) is 0 Å². The van der Waals surface area contributed by atoms with E-state index >= 15 is 0 Å². The lowest BCUT2D eigenvalue weighted by atomic mass is 9.82. The molecular weight excluding hydrogens is 294 g/mol. The number of hydrogen-bond donors (Lipinski definition) is 1. The number of anilines is 1. The van der Waals surface area contributed by atoms with Crippen LogP contribution in [-0.4, -0.2) is 13.2 Å². The van der Waals surface area contributed by atoms with Crippen molar-refractivity contribution < 1.29 is 4.74 Å². The van der Waals surface area contributed by atoms with Gasteiger partial charge in [-0.3, -0.25) is 0 Å². The molecule has 2 aromatic rings. The molecule has 0 spiro atoms. The molecule has 24 heavy (non-hydrogen) atoms. The van der Waals surface area contributed by atoms with E-state index < -0.39 is 0 Å². The van der Waals surface area contributed by atoms with Crippen molar-refractivity contribution in [3.63, 3.8) is 0 Å². The van der Waals surface area contributed by atoms with E-state index in [1.54, 1.807) is 0 Å². The van der Waals surface area contributed by atoms with Gasteiger partial charge in [-0.05, 0) is 61.4 Å². The zero-order valence-electron chi connectivity index (χ0n) is 16.0. The van der Waals surface area contributed by atoms with E-state index in [0.29, 0.717) is 6.61 Å². The molecule has 130 valence electrons. The fourth-order valence-electron chi connectivity index (χ4n) is 3.01. The normalized spacial score (nSPS) is 11.4. The van der Waals surface area contributed by atoms with Gasteiger partial charge in [-0.1, -0.05) is 50.6 Å². The molecule has 2 nitrogen and oxygen atoms in total. The molecule has 2 heteroatoms. The van der Waals surface area contributed by atoms with Crippen LogP contribution in [0.2, 0.25) is 0 Å². The van der Waals surface area contributed by atoms with Crippen LogP contribution in [0.3, 0.4) is 0 Å². The van der Waals surface area contributed by atoms with Crippen molar-refractivity contribution in [2.24, 2.45) is 0 Å². The summed E-state index contributed by atoms with van der Waals surface area (Å²) in [7, 11) is 0. The molecule has 0 unspecified atom stereocenters. The monoisotopic (exact) mass is 325 g/mol. The van der Waals surface area contributed by atoms with Gasteiger partial charge in [-0.25, -0.2) is 0 Å². The van der Waals surface area contributed by atoms with Crippen LogP contribution < -0.4 is 10.1 Å². The van der Waals surface area contributed by atoms with Gasteiger partial charge >= 0.3 is 0 Å². The summed E-state index contributed by atoms with van der Waals surface area (Å²) in [6.45, 7) is 14.7. The second-order valence-corrected chi connectivity index (χ2v) is 7.31. The summed E-state index contributed by atoms with van der Waals surface area (Å²) in [6.07, 6.45) is 1.13. The SMILES string of the molecule is CCC(C)(C)c1ccc(OCCNc2c(C)cc(C)cc2C)cc1. The minimum absolute atomic E-state index is 0.223. The fraction of sp³-hybridized carbons (Fsp3) is 0.455. The minimum Gasteiger partial charge on any atom is -0.492 e. The zero-order chi connectivity index (χ0) is 17.7. The third kappa shape index (κ3) is 4.53. The zero-order valence-corrected chi connectivity index (χ0v) is 16.0. The Labute approximate surface area is 147 Å². The molecular formula is C22H31NO. The molecule has 1 N–H and O–H groups in total. The Morgan fingerprint density at radius 2 is 1.54 bits per heavy atom. The van der Waals surface area contributed by atoms with E-state index in [2.05, 4.69) is 83.3 Å². The number of benzene rings is 2. The van der Waals surface area contributed by atoms with Gasteiger partial charge in [0, 0.05) is 12.2 Å². The first-order valence-electron chi connectivity index (χ1n) is 8.88. The Kier molecular flexibility index (Phi) is 5.93. The van der Waals surface area contributed by atoms with Gasteiger partial charge in [0.2, 0.25) is 0 Å². The van der Waals surface area contributed by atoms with Crippen LogP contribution in [0.5, 0.6) is 5.75 Å². The smallest absolute Gasteiger partial charge is 0.119 e. The first kappa shape index (κ1) is 18.4. The van der Waals surface area contributed by atoms with Crippen LogP contribution in [0.1, 0.15) is 49.4 Å². The van der Waals surface area contributed by atoms with Crippen LogP contribution in [-0.2, 0) is 5.41 Å². The van der Waals surface area contributed by atoms with E-state index in [0.717, 1.165) is 18.7 Å². The van der Waals surface area contributed by atoms with Crippen LogP contribution in [0.25, 0.3) is 0 Å². The van der Waals surface area contributed by atoms with Crippen molar-refractivity contribution in [2.75, 3.05) is 18.5 Å². The lowest BCUT2D eigenvalue weighted by Gasteiger charge is -2.23. The fourth-order valence-corrected chi connectivity index (χ4v) is 3.01. The van der Waals surface area contributed by atoms with Crippen molar-refractivity contribution in [3.8, 4) is 5.75 Å². The van der Waals surface area contributed by atoms with Crippen LogP contribution in [0, 0.1) is 20.8 Å². The number of nitrogens with one attached hydrogen (secondary N) is 1. The predicted molar refractivity (Wildman–Crippen MR) is 104 cm³/mol. The van der Waals surface area contributed by atoms with Gasteiger partial charge in [0.25, 0.3) is 0 Å². The average molecular weight is 325 g/mol. The van der Waals surface area contributed by atoms with E-state index in [4.69, 9.17) is 4.74 Å². The molecule has 0 aliphatic carbocycles. The maximum absolute atomic E-state index is 5.87. The van der Waals surface area contributed by atoms with Gasteiger partial charge < -0.3 is 10.1 Å². The molecule has 0 saturated heterocycles. The third-order valence-electron chi connectivity index (χ3n) is 4.87. The molecule has 0 bridgehead atoms.